The standard InChI is InChI=1S/C13H14Cl2N2/c1-3-4-16-13-8(2)5-10-11(15)6-9(14)7-12(10)17-13/h5-7H,3-4H2,1-2H3,(H,16,17). The lowest BCUT2D eigenvalue weighted by Gasteiger charge is -2.10. The van der Waals surface area contributed by atoms with Gasteiger partial charge in [-0.15, -0.1) is 0 Å². The summed E-state index contributed by atoms with van der Waals surface area (Å²) in [6, 6.07) is 5.62. The number of anilines is 1. The van der Waals surface area contributed by atoms with Crippen LogP contribution < -0.4 is 5.32 Å². The van der Waals surface area contributed by atoms with Gasteiger partial charge in [0.05, 0.1) is 10.5 Å². The number of nitrogens with zero attached hydrogens (tertiary/aromatic N) is 1. The zero-order chi connectivity index (χ0) is 12.4. The number of aromatic nitrogens is 1. The summed E-state index contributed by atoms with van der Waals surface area (Å²) in [5.41, 5.74) is 1.92. The van der Waals surface area contributed by atoms with Gasteiger partial charge in [0.1, 0.15) is 5.82 Å². The van der Waals surface area contributed by atoms with Gasteiger partial charge in [-0.25, -0.2) is 4.98 Å². The Bertz CT molecular complexity index is 553. The topological polar surface area (TPSA) is 24.9 Å². The molecule has 17 heavy (non-hydrogen) atoms. The van der Waals surface area contributed by atoms with Crippen LogP contribution in [0.2, 0.25) is 10.0 Å². The minimum Gasteiger partial charge on any atom is -0.370 e. The van der Waals surface area contributed by atoms with Crippen LogP contribution in [0.5, 0.6) is 0 Å². The highest BCUT2D eigenvalue weighted by Gasteiger charge is 2.07. The molecule has 0 aliphatic carbocycles. The van der Waals surface area contributed by atoms with E-state index < -0.39 is 0 Å². The van der Waals surface area contributed by atoms with E-state index in [0.29, 0.717) is 10.0 Å². The molecule has 0 unspecified atom stereocenters. The van der Waals surface area contributed by atoms with E-state index in [9.17, 15) is 0 Å². The molecule has 0 amide bonds. The Balaban J connectivity index is 2.55. The third-order valence-corrected chi connectivity index (χ3v) is 3.11. The van der Waals surface area contributed by atoms with Gasteiger partial charge in [-0.2, -0.15) is 0 Å². The normalized spacial score (nSPS) is 10.8. The van der Waals surface area contributed by atoms with Crippen LogP contribution in [0, 0.1) is 6.92 Å². The SMILES string of the molecule is CCCNc1nc2cc(Cl)cc(Cl)c2cc1C. The molecule has 0 fully saturated rings. The lowest BCUT2D eigenvalue weighted by molar-refractivity contribution is 0.968. The third-order valence-electron chi connectivity index (χ3n) is 2.58. The minimum absolute atomic E-state index is 0.611. The maximum atomic E-state index is 6.15. The summed E-state index contributed by atoms with van der Waals surface area (Å²) in [6.07, 6.45) is 1.06. The molecule has 1 aromatic carbocycles. The molecule has 2 aromatic rings. The van der Waals surface area contributed by atoms with Gasteiger partial charge in [-0.3, -0.25) is 0 Å². The lowest BCUT2D eigenvalue weighted by Crippen LogP contribution is -2.04. The molecule has 0 bridgehead atoms. The molecule has 0 saturated heterocycles. The number of benzene rings is 1. The van der Waals surface area contributed by atoms with E-state index in [-0.39, 0.29) is 0 Å². The maximum absolute atomic E-state index is 6.15. The van der Waals surface area contributed by atoms with E-state index in [1.54, 1.807) is 6.07 Å². The van der Waals surface area contributed by atoms with Gasteiger partial charge in [0, 0.05) is 17.0 Å². The first-order chi connectivity index (χ1) is 8.11. The van der Waals surface area contributed by atoms with Crippen LogP contribution in [-0.4, -0.2) is 11.5 Å². The third kappa shape index (κ3) is 2.64. The van der Waals surface area contributed by atoms with Crippen molar-refractivity contribution in [2.24, 2.45) is 0 Å². The largest absolute Gasteiger partial charge is 0.370 e. The van der Waals surface area contributed by atoms with Crippen LogP contribution in [0.25, 0.3) is 10.9 Å². The summed E-state index contributed by atoms with van der Waals surface area (Å²) in [7, 11) is 0. The highest BCUT2D eigenvalue weighted by atomic mass is 35.5. The highest BCUT2D eigenvalue weighted by molar-refractivity contribution is 6.38. The van der Waals surface area contributed by atoms with Crippen molar-refractivity contribution in [3.63, 3.8) is 0 Å². The van der Waals surface area contributed by atoms with Crippen molar-refractivity contribution >= 4 is 39.9 Å². The molecule has 0 atom stereocenters. The van der Waals surface area contributed by atoms with E-state index in [1.165, 1.54) is 0 Å². The summed E-state index contributed by atoms with van der Waals surface area (Å²) in [5.74, 6) is 0.901. The molecule has 0 radical (unpaired) electrons. The van der Waals surface area contributed by atoms with Gasteiger partial charge in [-0.05, 0) is 37.1 Å². The molecule has 2 rings (SSSR count). The number of hydrogen-bond acceptors (Lipinski definition) is 2. The monoisotopic (exact) mass is 268 g/mol. The summed E-state index contributed by atoms with van der Waals surface area (Å²) < 4.78 is 0. The summed E-state index contributed by atoms with van der Waals surface area (Å²) >= 11 is 12.1. The number of rotatable bonds is 3. The fraction of sp³-hybridized carbons (Fsp3) is 0.308. The smallest absolute Gasteiger partial charge is 0.129 e. The fourth-order valence-corrected chi connectivity index (χ4v) is 2.26. The van der Waals surface area contributed by atoms with Crippen molar-refractivity contribution in [1.29, 1.82) is 0 Å². The Labute approximate surface area is 111 Å². The van der Waals surface area contributed by atoms with Crippen LogP contribution >= 0.6 is 23.2 Å². The van der Waals surface area contributed by atoms with Crippen molar-refractivity contribution in [3.05, 3.63) is 33.8 Å². The first-order valence-electron chi connectivity index (χ1n) is 5.62. The molecular formula is C13H14Cl2N2. The average Bonchev–Trinajstić information content (AvgIpc) is 2.27. The molecule has 4 heteroatoms. The van der Waals surface area contributed by atoms with Crippen molar-refractivity contribution < 1.29 is 0 Å². The van der Waals surface area contributed by atoms with Crippen LogP contribution in [-0.2, 0) is 0 Å². The Hall–Kier alpha value is -0.990. The molecular weight excluding hydrogens is 255 g/mol. The summed E-state index contributed by atoms with van der Waals surface area (Å²) in [6.45, 7) is 5.06. The van der Waals surface area contributed by atoms with Crippen LogP contribution in [0.4, 0.5) is 5.82 Å². The highest BCUT2D eigenvalue weighted by Crippen LogP contribution is 2.29. The Kier molecular flexibility index (Phi) is 3.75. The second-order valence-corrected chi connectivity index (χ2v) is 4.88. The zero-order valence-electron chi connectivity index (χ0n) is 9.85. The van der Waals surface area contributed by atoms with Crippen LogP contribution in [0.3, 0.4) is 0 Å². The van der Waals surface area contributed by atoms with Crippen molar-refractivity contribution in [2.75, 3.05) is 11.9 Å². The summed E-state index contributed by atoms with van der Waals surface area (Å²) in [4.78, 5) is 4.55. The molecule has 0 aliphatic rings. The van der Waals surface area contributed by atoms with Gasteiger partial charge in [0.2, 0.25) is 0 Å². The number of nitrogens with one attached hydrogen (secondary N) is 1. The van der Waals surface area contributed by atoms with Gasteiger partial charge in [0.25, 0.3) is 0 Å². The van der Waals surface area contributed by atoms with Crippen molar-refractivity contribution in [3.8, 4) is 0 Å². The predicted octanol–water partition coefficient (Wildman–Crippen LogP) is 4.67. The van der Waals surface area contributed by atoms with E-state index in [1.807, 2.05) is 19.1 Å². The Morgan fingerprint density at radius 2 is 2.00 bits per heavy atom. The van der Waals surface area contributed by atoms with Gasteiger partial charge < -0.3 is 5.32 Å². The second kappa shape index (κ2) is 5.11. The molecule has 2 nitrogen and oxygen atoms in total. The zero-order valence-corrected chi connectivity index (χ0v) is 11.4. The van der Waals surface area contributed by atoms with E-state index in [0.717, 1.165) is 35.2 Å². The lowest BCUT2D eigenvalue weighted by atomic mass is 10.1. The predicted molar refractivity (Wildman–Crippen MR) is 75.3 cm³/mol. The number of halogens is 2. The minimum atomic E-state index is 0.611. The van der Waals surface area contributed by atoms with Gasteiger partial charge in [-0.1, -0.05) is 30.1 Å². The van der Waals surface area contributed by atoms with Crippen molar-refractivity contribution in [2.45, 2.75) is 20.3 Å². The van der Waals surface area contributed by atoms with E-state index in [2.05, 4.69) is 17.2 Å². The number of aryl methyl sites for hydroxylation is 1. The first-order valence-corrected chi connectivity index (χ1v) is 6.37. The molecule has 1 aromatic heterocycles. The average molecular weight is 269 g/mol. The fourth-order valence-electron chi connectivity index (χ4n) is 1.72. The first kappa shape index (κ1) is 12.5. The number of pyridine rings is 1. The molecule has 0 aliphatic heterocycles. The van der Waals surface area contributed by atoms with Crippen LogP contribution in [0.15, 0.2) is 18.2 Å². The van der Waals surface area contributed by atoms with E-state index in [4.69, 9.17) is 23.2 Å². The summed E-state index contributed by atoms with van der Waals surface area (Å²) in [5, 5.41) is 5.49. The Morgan fingerprint density at radius 3 is 2.71 bits per heavy atom. The quantitative estimate of drug-likeness (QED) is 0.875. The number of hydrogen-bond donors (Lipinski definition) is 1. The second-order valence-electron chi connectivity index (χ2n) is 4.03. The van der Waals surface area contributed by atoms with Gasteiger partial charge in [0.15, 0.2) is 0 Å². The molecule has 1 N–H and O–H groups in total. The molecule has 90 valence electrons. The van der Waals surface area contributed by atoms with Gasteiger partial charge >= 0.3 is 0 Å². The molecule has 1 heterocycles. The van der Waals surface area contributed by atoms with E-state index >= 15 is 0 Å². The van der Waals surface area contributed by atoms with Crippen molar-refractivity contribution in [1.82, 2.24) is 4.98 Å². The Morgan fingerprint density at radius 1 is 1.24 bits per heavy atom. The molecule has 0 saturated carbocycles. The van der Waals surface area contributed by atoms with Crippen LogP contribution in [0.1, 0.15) is 18.9 Å². The number of fused-ring (bicyclic) bond motifs is 1. The maximum Gasteiger partial charge on any atom is 0.129 e. The molecule has 0 spiro atoms.